The van der Waals surface area contributed by atoms with Crippen LogP contribution in [0, 0.1) is 0 Å². The average Bonchev–Trinajstić information content (AvgIpc) is 2.78. The molecule has 0 aliphatic rings. The van der Waals surface area contributed by atoms with Crippen LogP contribution in [0.3, 0.4) is 0 Å². The van der Waals surface area contributed by atoms with Crippen LogP contribution in [0.25, 0.3) is 0 Å². The van der Waals surface area contributed by atoms with Crippen LogP contribution in [0.2, 0.25) is 0 Å². The van der Waals surface area contributed by atoms with Crippen molar-refractivity contribution in [3.05, 3.63) is 47.3 Å². The first-order valence-electron chi connectivity index (χ1n) is 6.81. The first-order chi connectivity index (χ1) is 9.81. The first-order valence-corrected chi connectivity index (χ1v) is 8.70. The van der Waals surface area contributed by atoms with Gasteiger partial charge in [-0.1, -0.05) is 19.1 Å². The number of nitrogens with zero attached hydrogens (tertiary/aromatic N) is 2. The van der Waals surface area contributed by atoms with Gasteiger partial charge in [0, 0.05) is 25.4 Å². The molecule has 0 fully saturated rings. The Kier molecular flexibility index (Phi) is 4.49. The molecule has 0 bridgehead atoms. The van der Waals surface area contributed by atoms with Gasteiger partial charge < -0.3 is 5.11 Å². The molecule has 1 N–H and O–H groups in total. The lowest BCUT2D eigenvalue weighted by Gasteiger charge is -2.11. The maximum atomic E-state index is 11.4. The van der Waals surface area contributed by atoms with Gasteiger partial charge in [0.05, 0.1) is 16.7 Å². The van der Waals surface area contributed by atoms with Crippen LogP contribution in [0.4, 0.5) is 0 Å². The summed E-state index contributed by atoms with van der Waals surface area (Å²) in [6, 6.07) is 8.33. The maximum absolute atomic E-state index is 11.4. The molecule has 1 atom stereocenters. The van der Waals surface area contributed by atoms with E-state index in [1.807, 2.05) is 20.0 Å². The molecule has 0 radical (unpaired) electrons. The average molecular weight is 308 g/mol. The summed E-state index contributed by atoms with van der Waals surface area (Å²) in [6.45, 7) is 2.03. The molecular formula is C15H20N2O3S. The van der Waals surface area contributed by atoms with Gasteiger partial charge in [-0.05, 0) is 30.2 Å². The van der Waals surface area contributed by atoms with E-state index in [4.69, 9.17) is 0 Å². The predicted octanol–water partition coefficient (Wildman–Crippen LogP) is 1.66. The van der Waals surface area contributed by atoms with Crippen LogP contribution in [0.15, 0.2) is 35.2 Å². The standard InChI is InChI=1S/C15H20N2O3S/c1-4-12-9-13(17(2)16-12)10-15(18)11-5-7-14(8-6-11)21(3,19)20/h5-9,15,18H,4,10H2,1-3H3. The summed E-state index contributed by atoms with van der Waals surface area (Å²) >= 11 is 0. The summed E-state index contributed by atoms with van der Waals surface area (Å²) in [5.74, 6) is 0. The quantitative estimate of drug-likeness (QED) is 0.912. The van der Waals surface area contributed by atoms with Crippen molar-refractivity contribution in [3.63, 3.8) is 0 Å². The lowest BCUT2D eigenvalue weighted by Crippen LogP contribution is -2.07. The third-order valence-corrected chi connectivity index (χ3v) is 4.61. The normalized spacial score (nSPS) is 13.3. The van der Waals surface area contributed by atoms with Gasteiger partial charge in [-0.15, -0.1) is 0 Å². The molecule has 0 spiro atoms. The largest absolute Gasteiger partial charge is 0.388 e. The molecule has 21 heavy (non-hydrogen) atoms. The highest BCUT2D eigenvalue weighted by Crippen LogP contribution is 2.20. The fourth-order valence-electron chi connectivity index (χ4n) is 2.19. The molecule has 2 aromatic rings. The number of aryl methyl sites for hydroxylation is 2. The number of hydrogen-bond donors (Lipinski definition) is 1. The Morgan fingerprint density at radius 1 is 1.29 bits per heavy atom. The molecule has 2 rings (SSSR count). The molecular weight excluding hydrogens is 288 g/mol. The molecule has 5 nitrogen and oxygen atoms in total. The highest BCUT2D eigenvalue weighted by atomic mass is 32.2. The van der Waals surface area contributed by atoms with E-state index in [2.05, 4.69) is 5.10 Å². The van der Waals surface area contributed by atoms with Crippen molar-refractivity contribution in [3.8, 4) is 0 Å². The van der Waals surface area contributed by atoms with Crippen molar-refractivity contribution >= 4 is 9.84 Å². The Hall–Kier alpha value is -1.66. The summed E-state index contributed by atoms with van der Waals surface area (Å²) in [6.07, 6.45) is 1.79. The van der Waals surface area contributed by atoms with Crippen molar-refractivity contribution in [2.45, 2.75) is 30.8 Å². The fourth-order valence-corrected chi connectivity index (χ4v) is 2.82. The van der Waals surface area contributed by atoms with E-state index in [1.165, 1.54) is 18.4 Å². The minimum atomic E-state index is -3.21. The second-order valence-electron chi connectivity index (χ2n) is 5.17. The van der Waals surface area contributed by atoms with E-state index < -0.39 is 15.9 Å². The summed E-state index contributed by atoms with van der Waals surface area (Å²) < 4.78 is 24.6. The van der Waals surface area contributed by atoms with E-state index in [9.17, 15) is 13.5 Å². The summed E-state index contributed by atoms with van der Waals surface area (Å²) in [4.78, 5) is 0.257. The molecule has 1 aromatic carbocycles. The summed E-state index contributed by atoms with van der Waals surface area (Å²) in [5.41, 5.74) is 2.64. The van der Waals surface area contributed by atoms with Crippen molar-refractivity contribution in [2.24, 2.45) is 7.05 Å². The highest BCUT2D eigenvalue weighted by molar-refractivity contribution is 7.90. The van der Waals surface area contributed by atoms with Crippen LogP contribution in [0.5, 0.6) is 0 Å². The van der Waals surface area contributed by atoms with Crippen molar-refractivity contribution in [1.82, 2.24) is 9.78 Å². The Bertz CT molecular complexity index is 718. The second kappa shape index (κ2) is 5.99. The van der Waals surface area contributed by atoms with E-state index in [0.29, 0.717) is 12.0 Å². The van der Waals surface area contributed by atoms with Gasteiger partial charge in [-0.3, -0.25) is 4.68 Å². The summed E-state index contributed by atoms with van der Waals surface area (Å²) in [5, 5.41) is 14.6. The van der Waals surface area contributed by atoms with Crippen molar-refractivity contribution in [1.29, 1.82) is 0 Å². The van der Waals surface area contributed by atoms with Gasteiger partial charge in [0.1, 0.15) is 0 Å². The highest BCUT2D eigenvalue weighted by Gasteiger charge is 2.14. The molecule has 1 unspecified atom stereocenters. The number of aromatic nitrogens is 2. The Balaban J connectivity index is 2.16. The second-order valence-corrected chi connectivity index (χ2v) is 7.18. The zero-order valence-corrected chi connectivity index (χ0v) is 13.3. The van der Waals surface area contributed by atoms with E-state index in [0.717, 1.165) is 17.8 Å². The number of aliphatic hydroxyl groups excluding tert-OH is 1. The maximum Gasteiger partial charge on any atom is 0.175 e. The SMILES string of the molecule is CCc1cc(CC(O)c2ccc(S(C)(=O)=O)cc2)n(C)n1. The van der Waals surface area contributed by atoms with Crippen molar-refractivity contribution in [2.75, 3.05) is 6.26 Å². The van der Waals surface area contributed by atoms with Gasteiger partial charge in [0.2, 0.25) is 0 Å². The molecule has 114 valence electrons. The Morgan fingerprint density at radius 2 is 1.90 bits per heavy atom. The van der Waals surface area contributed by atoms with Crippen molar-refractivity contribution < 1.29 is 13.5 Å². The van der Waals surface area contributed by atoms with Gasteiger partial charge >= 0.3 is 0 Å². The van der Waals surface area contributed by atoms with E-state index in [-0.39, 0.29) is 4.90 Å². The predicted molar refractivity (Wildman–Crippen MR) is 80.8 cm³/mol. The minimum absolute atomic E-state index is 0.257. The Labute approximate surface area is 125 Å². The lowest BCUT2D eigenvalue weighted by atomic mass is 10.0. The third-order valence-electron chi connectivity index (χ3n) is 3.49. The van der Waals surface area contributed by atoms with Gasteiger partial charge in [0.15, 0.2) is 9.84 Å². The van der Waals surface area contributed by atoms with E-state index >= 15 is 0 Å². The molecule has 0 saturated heterocycles. The molecule has 0 amide bonds. The lowest BCUT2D eigenvalue weighted by molar-refractivity contribution is 0.175. The van der Waals surface area contributed by atoms with Crippen LogP contribution in [0.1, 0.15) is 30.0 Å². The molecule has 1 heterocycles. The van der Waals surface area contributed by atoms with Gasteiger partial charge in [0.25, 0.3) is 0 Å². The summed E-state index contributed by atoms with van der Waals surface area (Å²) in [7, 11) is -1.35. The molecule has 6 heteroatoms. The van der Waals surface area contributed by atoms with E-state index in [1.54, 1.807) is 16.8 Å². The minimum Gasteiger partial charge on any atom is -0.388 e. The number of rotatable bonds is 5. The zero-order chi connectivity index (χ0) is 15.6. The molecule has 0 aliphatic carbocycles. The monoisotopic (exact) mass is 308 g/mol. The van der Waals surface area contributed by atoms with Gasteiger partial charge in [-0.25, -0.2) is 8.42 Å². The first kappa shape index (κ1) is 15.7. The number of aliphatic hydroxyl groups is 1. The topological polar surface area (TPSA) is 72.2 Å². The molecule has 0 saturated carbocycles. The third kappa shape index (κ3) is 3.71. The van der Waals surface area contributed by atoms with Gasteiger partial charge in [-0.2, -0.15) is 5.10 Å². The molecule has 0 aliphatic heterocycles. The fraction of sp³-hybridized carbons (Fsp3) is 0.400. The zero-order valence-electron chi connectivity index (χ0n) is 12.4. The number of benzene rings is 1. The van der Waals surface area contributed by atoms with Crippen LogP contribution < -0.4 is 0 Å². The van der Waals surface area contributed by atoms with Crippen LogP contribution in [-0.4, -0.2) is 29.6 Å². The smallest absolute Gasteiger partial charge is 0.175 e. The number of hydrogen-bond acceptors (Lipinski definition) is 4. The molecule has 1 aromatic heterocycles. The van der Waals surface area contributed by atoms with Crippen LogP contribution >= 0.6 is 0 Å². The Morgan fingerprint density at radius 3 is 2.38 bits per heavy atom. The van der Waals surface area contributed by atoms with Crippen LogP contribution in [-0.2, 0) is 29.7 Å². The number of sulfone groups is 1.